The highest BCUT2D eigenvalue weighted by Gasteiger charge is 2.36. The van der Waals surface area contributed by atoms with Crippen molar-refractivity contribution in [2.45, 2.75) is 47.5 Å². The van der Waals surface area contributed by atoms with E-state index in [1.165, 1.54) is 34.7 Å². The van der Waals surface area contributed by atoms with Gasteiger partial charge in [-0.2, -0.15) is 26.3 Å². The van der Waals surface area contributed by atoms with Crippen molar-refractivity contribution in [2.24, 2.45) is 0 Å². The Balaban J connectivity index is 0.000000285. The molecular formula is C31H32F6. The van der Waals surface area contributed by atoms with E-state index in [-0.39, 0.29) is 19.1 Å². The highest BCUT2D eigenvalue weighted by atomic mass is 19.4. The Hall–Kier alpha value is -3.54. The smallest absolute Gasteiger partial charge is 0.166 e. The number of halogens is 6. The summed E-state index contributed by atoms with van der Waals surface area (Å²) in [5, 5.41) is 0. The molecule has 0 aliphatic carbocycles. The Bertz CT molecular complexity index is 1150. The van der Waals surface area contributed by atoms with E-state index < -0.39 is 23.5 Å². The van der Waals surface area contributed by atoms with Crippen LogP contribution in [0.4, 0.5) is 26.3 Å². The molecule has 0 nitrogen and oxygen atoms in total. The molecule has 4 rings (SSSR count). The standard InChI is InChI=1S/C13H12.C9H6F6.C8H10.CH4/c1-11-7-9-13(10-8-11)12-5-3-2-4-6-12;1-5-2-6(8(10,11)12)4-7(3-5)9(13,14)15;1-7-3-5-8(2)6-4-7;/h2-10H,1H3;2-4H,1H3;3-6H,1-2H3;1H4. The summed E-state index contributed by atoms with van der Waals surface area (Å²) in [7, 11) is 0. The van der Waals surface area contributed by atoms with Gasteiger partial charge >= 0.3 is 12.4 Å². The number of alkyl halides is 6. The quantitative estimate of drug-likeness (QED) is 0.220. The summed E-state index contributed by atoms with van der Waals surface area (Å²) in [6.45, 7) is 7.48. The third-order valence-corrected chi connectivity index (χ3v) is 5.11. The van der Waals surface area contributed by atoms with Crippen molar-refractivity contribution in [3.8, 4) is 11.1 Å². The molecule has 0 unspecified atom stereocenters. The Morgan fingerprint density at radius 1 is 0.405 bits per heavy atom. The lowest BCUT2D eigenvalue weighted by Gasteiger charge is -2.12. The molecule has 0 bridgehead atoms. The van der Waals surface area contributed by atoms with Crippen molar-refractivity contribution in [3.63, 3.8) is 0 Å². The van der Waals surface area contributed by atoms with Crippen LogP contribution in [0.3, 0.4) is 0 Å². The molecule has 0 saturated heterocycles. The second-order valence-electron chi connectivity index (χ2n) is 8.47. The lowest BCUT2D eigenvalue weighted by molar-refractivity contribution is -0.143. The number of aryl methyl sites for hydroxylation is 4. The number of rotatable bonds is 1. The second-order valence-corrected chi connectivity index (χ2v) is 8.47. The van der Waals surface area contributed by atoms with Gasteiger partial charge in [0.1, 0.15) is 0 Å². The number of hydrogen-bond acceptors (Lipinski definition) is 0. The van der Waals surface area contributed by atoms with Crippen molar-refractivity contribution in [3.05, 3.63) is 130 Å². The molecule has 0 atom stereocenters. The van der Waals surface area contributed by atoms with E-state index in [2.05, 4.69) is 93.6 Å². The summed E-state index contributed by atoms with van der Waals surface area (Å²) in [6.07, 6.45) is -9.52. The second kappa shape index (κ2) is 13.7. The van der Waals surface area contributed by atoms with Crippen LogP contribution in [0.25, 0.3) is 11.1 Å². The van der Waals surface area contributed by atoms with Crippen molar-refractivity contribution < 1.29 is 26.3 Å². The van der Waals surface area contributed by atoms with Gasteiger partial charge < -0.3 is 0 Å². The molecule has 0 fully saturated rings. The van der Waals surface area contributed by atoms with Gasteiger partial charge in [0.15, 0.2) is 0 Å². The number of hydrogen-bond donors (Lipinski definition) is 0. The zero-order valence-electron chi connectivity index (χ0n) is 20.5. The van der Waals surface area contributed by atoms with Crippen LogP contribution in [0.2, 0.25) is 0 Å². The lowest BCUT2D eigenvalue weighted by Crippen LogP contribution is -2.11. The molecule has 0 saturated carbocycles. The summed E-state index contributed by atoms with van der Waals surface area (Å²) < 4.78 is 73.0. The van der Waals surface area contributed by atoms with Crippen LogP contribution in [-0.2, 0) is 12.4 Å². The van der Waals surface area contributed by atoms with Gasteiger partial charge in [-0.15, -0.1) is 0 Å². The molecule has 0 radical (unpaired) electrons. The van der Waals surface area contributed by atoms with Crippen molar-refractivity contribution >= 4 is 0 Å². The van der Waals surface area contributed by atoms with Crippen LogP contribution < -0.4 is 0 Å². The first-order valence-corrected chi connectivity index (χ1v) is 11.2. The van der Waals surface area contributed by atoms with E-state index in [4.69, 9.17) is 0 Å². The zero-order valence-corrected chi connectivity index (χ0v) is 20.5. The predicted molar refractivity (Wildman–Crippen MR) is 140 cm³/mol. The van der Waals surface area contributed by atoms with E-state index in [1.54, 1.807) is 0 Å². The fraction of sp³-hybridized carbons (Fsp3) is 0.226. The molecule has 0 aliphatic rings. The van der Waals surface area contributed by atoms with Crippen LogP contribution in [0.1, 0.15) is 40.8 Å². The van der Waals surface area contributed by atoms with E-state index in [0.29, 0.717) is 12.1 Å². The molecule has 198 valence electrons. The van der Waals surface area contributed by atoms with Crippen molar-refractivity contribution in [1.82, 2.24) is 0 Å². The Labute approximate surface area is 215 Å². The van der Waals surface area contributed by atoms with E-state index in [9.17, 15) is 26.3 Å². The normalized spacial score (nSPS) is 10.8. The van der Waals surface area contributed by atoms with Crippen LogP contribution in [-0.4, -0.2) is 0 Å². The predicted octanol–water partition coefficient (Wildman–Crippen LogP) is 10.6. The fourth-order valence-electron chi connectivity index (χ4n) is 3.12. The first kappa shape index (κ1) is 31.5. The lowest BCUT2D eigenvalue weighted by atomic mass is 10.0. The van der Waals surface area contributed by atoms with Gasteiger partial charge in [0.2, 0.25) is 0 Å². The van der Waals surface area contributed by atoms with E-state index in [1.807, 2.05) is 6.07 Å². The molecule has 0 aromatic heterocycles. The maximum Gasteiger partial charge on any atom is 0.416 e. The van der Waals surface area contributed by atoms with Crippen LogP contribution in [0.5, 0.6) is 0 Å². The van der Waals surface area contributed by atoms with Gasteiger partial charge in [-0.25, -0.2) is 0 Å². The Morgan fingerprint density at radius 3 is 1.08 bits per heavy atom. The molecule has 0 heterocycles. The fourth-order valence-corrected chi connectivity index (χ4v) is 3.12. The van der Waals surface area contributed by atoms with Gasteiger partial charge in [-0.1, -0.05) is 103 Å². The van der Waals surface area contributed by atoms with Crippen LogP contribution in [0.15, 0.2) is 97.1 Å². The molecule has 6 heteroatoms. The largest absolute Gasteiger partial charge is 0.416 e. The van der Waals surface area contributed by atoms with Gasteiger partial charge in [0.05, 0.1) is 11.1 Å². The minimum Gasteiger partial charge on any atom is -0.166 e. The van der Waals surface area contributed by atoms with Gasteiger partial charge in [0.25, 0.3) is 0 Å². The minimum atomic E-state index is -4.76. The molecular weight excluding hydrogens is 486 g/mol. The van der Waals surface area contributed by atoms with Crippen LogP contribution >= 0.6 is 0 Å². The summed E-state index contributed by atoms with van der Waals surface area (Å²) >= 11 is 0. The highest BCUT2D eigenvalue weighted by molar-refractivity contribution is 5.63. The van der Waals surface area contributed by atoms with E-state index in [0.717, 1.165) is 0 Å². The highest BCUT2D eigenvalue weighted by Crippen LogP contribution is 2.36. The maximum absolute atomic E-state index is 12.2. The third kappa shape index (κ3) is 10.9. The summed E-state index contributed by atoms with van der Waals surface area (Å²) in [5.74, 6) is 0. The zero-order chi connectivity index (χ0) is 26.9. The Morgan fingerprint density at radius 2 is 0.730 bits per heavy atom. The molecule has 0 amide bonds. The summed E-state index contributed by atoms with van der Waals surface area (Å²) in [6, 6.07) is 29.0. The van der Waals surface area contributed by atoms with Gasteiger partial charge in [-0.3, -0.25) is 0 Å². The topological polar surface area (TPSA) is 0 Å². The van der Waals surface area contributed by atoms with Gasteiger partial charge in [0, 0.05) is 0 Å². The van der Waals surface area contributed by atoms with Crippen molar-refractivity contribution in [2.75, 3.05) is 0 Å². The summed E-state index contributed by atoms with van der Waals surface area (Å²) in [4.78, 5) is 0. The molecule has 0 aliphatic heterocycles. The molecule has 0 N–H and O–H groups in total. The minimum absolute atomic E-state index is 0. The van der Waals surface area contributed by atoms with Gasteiger partial charge in [-0.05, 0) is 62.6 Å². The van der Waals surface area contributed by atoms with Crippen LogP contribution in [0, 0.1) is 27.7 Å². The summed E-state index contributed by atoms with van der Waals surface area (Å²) in [5.41, 5.74) is 3.89. The average Bonchev–Trinajstić information content (AvgIpc) is 2.81. The maximum atomic E-state index is 12.2. The first-order chi connectivity index (χ1) is 16.8. The Kier molecular flexibility index (Phi) is 11.6. The van der Waals surface area contributed by atoms with E-state index >= 15 is 0 Å². The third-order valence-electron chi connectivity index (χ3n) is 5.11. The monoisotopic (exact) mass is 518 g/mol. The first-order valence-electron chi connectivity index (χ1n) is 11.2. The molecule has 4 aromatic rings. The SMILES string of the molecule is C.Cc1cc(C(F)(F)F)cc(C(F)(F)F)c1.Cc1ccc(-c2ccccc2)cc1.Cc1ccc(C)cc1. The average molecular weight is 519 g/mol. The molecule has 0 spiro atoms. The van der Waals surface area contributed by atoms with Crippen molar-refractivity contribution in [1.29, 1.82) is 0 Å². The molecule has 4 aromatic carbocycles. The molecule has 37 heavy (non-hydrogen) atoms. The number of benzene rings is 4.